The Morgan fingerprint density at radius 1 is 1.07 bits per heavy atom. The lowest BCUT2D eigenvalue weighted by molar-refractivity contribution is -0.122. The Morgan fingerprint density at radius 2 is 1.93 bits per heavy atom. The van der Waals surface area contributed by atoms with Gasteiger partial charge in [0.2, 0.25) is 6.79 Å². The maximum atomic E-state index is 13.2. The minimum absolute atomic E-state index is 0.0869. The predicted octanol–water partition coefficient (Wildman–Crippen LogP) is 4.61. The lowest BCUT2D eigenvalue weighted by Crippen LogP contribution is -2.28. The summed E-state index contributed by atoms with van der Waals surface area (Å²) in [6, 6.07) is 19.1. The van der Waals surface area contributed by atoms with E-state index in [0.29, 0.717) is 28.1 Å². The highest BCUT2D eigenvalue weighted by Crippen LogP contribution is 2.37. The van der Waals surface area contributed by atoms with Gasteiger partial charge in [-0.1, -0.05) is 30.3 Å². The Hall–Kier alpha value is -3.58. The van der Waals surface area contributed by atoms with E-state index in [0.717, 1.165) is 16.8 Å². The van der Waals surface area contributed by atoms with E-state index < -0.39 is 0 Å². The molecule has 1 amide bonds. The molecule has 2 aliphatic heterocycles. The van der Waals surface area contributed by atoms with E-state index in [4.69, 9.17) is 14.5 Å². The molecular weight excluding hydrogens is 398 g/mol. The van der Waals surface area contributed by atoms with Crippen molar-refractivity contribution in [1.82, 2.24) is 9.88 Å². The molecule has 1 fully saturated rings. The van der Waals surface area contributed by atoms with Gasteiger partial charge < -0.3 is 9.47 Å². The standard InChI is InChI=1S/C23H17N3O3S/c27-22-21(12-16-8-9-19-20(11-16)29-15-28-19)30-23(25-18-6-2-1-3-7-18)26(22)14-17-5-4-10-24-13-17/h1-13H,14-15H2/b21-12-,25-23?. The Labute approximate surface area is 177 Å². The van der Waals surface area contributed by atoms with E-state index >= 15 is 0 Å². The quantitative estimate of drug-likeness (QED) is 0.582. The van der Waals surface area contributed by atoms with Gasteiger partial charge in [0, 0.05) is 12.4 Å². The van der Waals surface area contributed by atoms with Crippen molar-refractivity contribution >= 4 is 34.6 Å². The zero-order chi connectivity index (χ0) is 20.3. The van der Waals surface area contributed by atoms with Crippen molar-refractivity contribution in [2.45, 2.75) is 6.54 Å². The number of aliphatic imine (C=N–C) groups is 1. The van der Waals surface area contributed by atoms with Crippen LogP contribution in [0, 0.1) is 0 Å². The molecule has 0 unspecified atom stereocenters. The number of amidine groups is 1. The van der Waals surface area contributed by atoms with E-state index in [1.165, 1.54) is 11.8 Å². The van der Waals surface area contributed by atoms with E-state index in [1.54, 1.807) is 17.3 Å². The third kappa shape index (κ3) is 3.79. The molecule has 3 heterocycles. The molecule has 1 aromatic heterocycles. The number of benzene rings is 2. The summed E-state index contributed by atoms with van der Waals surface area (Å²) in [6.07, 6.45) is 5.34. The van der Waals surface area contributed by atoms with Crippen LogP contribution < -0.4 is 9.47 Å². The number of para-hydroxylation sites is 1. The number of hydrogen-bond donors (Lipinski definition) is 0. The number of hydrogen-bond acceptors (Lipinski definition) is 6. The van der Waals surface area contributed by atoms with Gasteiger partial charge in [-0.05, 0) is 59.3 Å². The Morgan fingerprint density at radius 3 is 2.77 bits per heavy atom. The minimum Gasteiger partial charge on any atom is -0.454 e. The van der Waals surface area contributed by atoms with Crippen molar-refractivity contribution in [2.24, 2.45) is 4.99 Å². The summed E-state index contributed by atoms with van der Waals surface area (Å²) in [5.74, 6) is 1.31. The smallest absolute Gasteiger partial charge is 0.267 e. The zero-order valence-electron chi connectivity index (χ0n) is 15.9. The molecule has 0 aliphatic carbocycles. The lowest BCUT2D eigenvalue weighted by atomic mass is 10.2. The van der Waals surface area contributed by atoms with Crippen molar-refractivity contribution in [3.63, 3.8) is 0 Å². The number of fused-ring (bicyclic) bond motifs is 1. The number of carbonyl (C=O) groups excluding carboxylic acids is 1. The van der Waals surface area contributed by atoms with Gasteiger partial charge in [0.05, 0.1) is 17.1 Å². The number of rotatable bonds is 4. The second kappa shape index (κ2) is 8.04. The second-order valence-electron chi connectivity index (χ2n) is 6.71. The van der Waals surface area contributed by atoms with Crippen LogP contribution in [0.2, 0.25) is 0 Å². The van der Waals surface area contributed by atoms with Gasteiger partial charge in [0.25, 0.3) is 5.91 Å². The highest BCUT2D eigenvalue weighted by Gasteiger charge is 2.33. The number of aromatic nitrogens is 1. The van der Waals surface area contributed by atoms with Crippen molar-refractivity contribution in [3.8, 4) is 11.5 Å². The van der Waals surface area contributed by atoms with Crippen LogP contribution >= 0.6 is 11.8 Å². The fourth-order valence-electron chi connectivity index (χ4n) is 3.17. The number of ether oxygens (including phenoxy) is 2. The van der Waals surface area contributed by atoms with E-state index in [1.807, 2.05) is 66.7 Å². The summed E-state index contributed by atoms with van der Waals surface area (Å²) in [5, 5.41) is 0.641. The first kappa shape index (κ1) is 18.4. The molecule has 30 heavy (non-hydrogen) atoms. The predicted molar refractivity (Wildman–Crippen MR) is 116 cm³/mol. The first-order chi connectivity index (χ1) is 14.8. The molecule has 0 bridgehead atoms. The van der Waals surface area contributed by atoms with Crippen molar-refractivity contribution in [2.75, 3.05) is 6.79 Å². The molecule has 5 rings (SSSR count). The number of pyridine rings is 1. The van der Waals surface area contributed by atoms with Gasteiger partial charge >= 0.3 is 0 Å². The molecule has 0 radical (unpaired) electrons. The van der Waals surface area contributed by atoms with Crippen LogP contribution in [0.5, 0.6) is 11.5 Å². The summed E-state index contributed by atoms with van der Waals surface area (Å²) in [7, 11) is 0. The van der Waals surface area contributed by atoms with Gasteiger partial charge in [-0.2, -0.15) is 0 Å². The minimum atomic E-state index is -0.0869. The molecule has 0 saturated carbocycles. The van der Waals surface area contributed by atoms with Gasteiger partial charge in [-0.25, -0.2) is 4.99 Å². The fourth-order valence-corrected chi connectivity index (χ4v) is 4.17. The third-order valence-electron chi connectivity index (χ3n) is 4.63. The van der Waals surface area contributed by atoms with E-state index in [2.05, 4.69) is 4.98 Å². The average Bonchev–Trinajstić information content (AvgIpc) is 3.35. The van der Waals surface area contributed by atoms with E-state index in [9.17, 15) is 4.79 Å². The number of amides is 1. The molecule has 3 aromatic rings. The maximum Gasteiger partial charge on any atom is 0.267 e. The van der Waals surface area contributed by atoms with Gasteiger partial charge in [-0.15, -0.1) is 0 Å². The Balaban J connectivity index is 1.49. The topological polar surface area (TPSA) is 64.0 Å². The molecule has 2 aromatic carbocycles. The Bertz CT molecular complexity index is 1150. The zero-order valence-corrected chi connectivity index (χ0v) is 16.7. The summed E-state index contributed by atoms with van der Waals surface area (Å²) < 4.78 is 10.8. The first-order valence-corrected chi connectivity index (χ1v) is 10.2. The maximum absolute atomic E-state index is 13.2. The summed E-state index contributed by atoms with van der Waals surface area (Å²) in [6.45, 7) is 0.625. The number of thioether (sulfide) groups is 1. The average molecular weight is 415 g/mol. The fraction of sp³-hybridized carbons (Fsp3) is 0.0870. The highest BCUT2D eigenvalue weighted by molar-refractivity contribution is 8.18. The van der Waals surface area contributed by atoms with Gasteiger partial charge in [-0.3, -0.25) is 14.7 Å². The SMILES string of the molecule is O=C1/C(=C/c2ccc3c(c2)OCO3)SC(=Nc2ccccc2)N1Cc1cccnc1. The molecule has 148 valence electrons. The summed E-state index contributed by atoms with van der Waals surface area (Å²) in [5.41, 5.74) is 2.61. The first-order valence-electron chi connectivity index (χ1n) is 9.40. The molecule has 6 nitrogen and oxygen atoms in total. The number of carbonyl (C=O) groups is 1. The second-order valence-corrected chi connectivity index (χ2v) is 7.71. The van der Waals surface area contributed by atoms with Crippen molar-refractivity contribution < 1.29 is 14.3 Å². The van der Waals surface area contributed by atoms with Crippen molar-refractivity contribution in [3.05, 3.63) is 89.1 Å². The van der Waals surface area contributed by atoms with Gasteiger partial charge in [0.1, 0.15) is 0 Å². The molecule has 1 saturated heterocycles. The van der Waals surface area contributed by atoms with E-state index in [-0.39, 0.29) is 12.7 Å². The van der Waals surface area contributed by atoms with Crippen LogP contribution in [0.3, 0.4) is 0 Å². The van der Waals surface area contributed by atoms with Gasteiger partial charge in [0.15, 0.2) is 16.7 Å². The summed E-state index contributed by atoms with van der Waals surface area (Å²) in [4.78, 5) is 24.4. The lowest BCUT2D eigenvalue weighted by Gasteiger charge is -2.15. The monoisotopic (exact) mass is 415 g/mol. The summed E-state index contributed by atoms with van der Waals surface area (Å²) >= 11 is 1.36. The van der Waals surface area contributed by atoms with Crippen LogP contribution in [0.15, 0.2) is 83.0 Å². The molecule has 0 spiro atoms. The van der Waals surface area contributed by atoms with Crippen LogP contribution in [-0.4, -0.2) is 27.8 Å². The van der Waals surface area contributed by atoms with Crippen LogP contribution in [0.25, 0.3) is 6.08 Å². The van der Waals surface area contributed by atoms with Crippen LogP contribution in [-0.2, 0) is 11.3 Å². The molecule has 7 heteroatoms. The molecule has 0 N–H and O–H groups in total. The molecule has 2 aliphatic rings. The van der Waals surface area contributed by atoms with Crippen molar-refractivity contribution in [1.29, 1.82) is 0 Å². The van der Waals surface area contributed by atoms with Crippen LogP contribution in [0.1, 0.15) is 11.1 Å². The van der Waals surface area contributed by atoms with Crippen LogP contribution in [0.4, 0.5) is 5.69 Å². The largest absolute Gasteiger partial charge is 0.454 e. The normalized spacial score (nSPS) is 17.9. The molecular formula is C23H17N3O3S. The molecule has 0 atom stereocenters. The third-order valence-corrected chi connectivity index (χ3v) is 5.63. The number of nitrogens with zero attached hydrogens (tertiary/aromatic N) is 3. The highest BCUT2D eigenvalue weighted by atomic mass is 32.2. The Kier molecular flexibility index (Phi) is 4.94.